The summed E-state index contributed by atoms with van der Waals surface area (Å²) in [7, 11) is 3.48. The third-order valence-electron chi connectivity index (χ3n) is 8.72. The lowest BCUT2D eigenvalue weighted by atomic mass is 9.39. The number of aliphatic hydroxyl groups is 2. The Balaban J connectivity index is 2.29. The minimum atomic E-state index is -2.25. The van der Waals surface area contributed by atoms with E-state index in [-0.39, 0.29) is 13.0 Å². The van der Waals surface area contributed by atoms with Crippen LogP contribution in [0.3, 0.4) is 0 Å². The SMILES string of the molecule is C=C[C@@]1(C)CC(=O)[C@]2(O)[C@@]3(C)[C@@H](OC(=O)CN(C)C)CCC(C)(C)[C@@H]3[C@H](OC(C)=O)[C@H](O)[C@@]2(C)O1. The van der Waals surface area contributed by atoms with E-state index in [1.165, 1.54) is 19.9 Å². The summed E-state index contributed by atoms with van der Waals surface area (Å²) in [5, 5.41) is 24.2. The van der Waals surface area contributed by atoms with Gasteiger partial charge in [0, 0.05) is 19.3 Å². The number of rotatable bonds is 5. The summed E-state index contributed by atoms with van der Waals surface area (Å²) in [6, 6.07) is 0. The fraction of sp³-hybridized carbons (Fsp3) is 0.808. The molecule has 9 heteroatoms. The molecule has 0 aromatic heterocycles. The second-order valence-corrected chi connectivity index (χ2v) is 12.1. The van der Waals surface area contributed by atoms with Crippen molar-refractivity contribution in [1.82, 2.24) is 4.90 Å². The highest BCUT2D eigenvalue weighted by Crippen LogP contribution is 2.67. The zero-order chi connectivity index (χ0) is 26.8. The van der Waals surface area contributed by atoms with E-state index in [0.29, 0.717) is 12.8 Å². The molecule has 1 saturated heterocycles. The molecule has 198 valence electrons. The van der Waals surface area contributed by atoms with Gasteiger partial charge in [0.25, 0.3) is 0 Å². The molecule has 2 N–H and O–H groups in total. The Bertz CT molecular complexity index is 917. The second kappa shape index (κ2) is 8.64. The van der Waals surface area contributed by atoms with Crippen molar-refractivity contribution in [2.24, 2.45) is 16.7 Å². The number of aliphatic hydroxyl groups excluding tert-OH is 1. The van der Waals surface area contributed by atoms with E-state index in [1.807, 2.05) is 13.8 Å². The van der Waals surface area contributed by atoms with E-state index >= 15 is 0 Å². The van der Waals surface area contributed by atoms with Gasteiger partial charge >= 0.3 is 11.9 Å². The summed E-state index contributed by atoms with van der Waals surface area (Å²) in [5.74, 6) is -2.37. The number of ether oxygens (including phenoxy) is 3. The van der Waals surface area contributed by atoms with Gasteiger partial charge in [-0.25, -0.2) is 0 Å². The second-order valence-electron chi connectivity index (χ2n) is 12.1. The summed E-state index contributed by atoms with van der Waals surface area (Å²) < 4.78 is 18.0. The van der Waals surface area contributed by atoms with Crippen molar-refractivity contribution >= 4 is 17.7 Å². The Kier molecular flexibility index (Phi) is 6.86. The summed E-state index contributed by atoms with van der Waals surface area (Å²) in [4.78, 5) is 40.6. The smallest absolute Gasteiger partial charge is 0.320 e. The Morgan fingerprint density at radius 2 is 1.80 bits per heavy atom. The molecule has 2 saturated carbocycles. The molecule has 0 amide bonds. The fourth-order valence-corrected chi connectivity index (χ4v) is 7.21. The van der Waals surface area contributed by atoms with Gasteiger partial charge in [0.15, 0.2) is 11.4 Å². The van der Waals surface area contributed by atoms with Crippen LogP contribution in [0.1, 0.15) is 60.8 Å². The summed E-state index contributed by atoms with van der Waals surface area (Å²) in [6.07, 6.45) is -1.30. The molecular formula is C26H41NO8. The number of carbonyl (C=O) groups is 3. The zero-order valence-corrected chi connectivity index (χ0v) is 22.2. The first-order chi connectivity index (χ1) is 15.9. The van der Waals surface area contributed by atoms with Gasteiger partial charge in [0.2, 0.25) is 0 Å². The highest BCUT2D eigenvalue weighted by atomic mass is 16.6. The quantitative estimate of drug-likeness (QED) is 0.433. The number of carbonyl (C=O) groups excluding carboxylic acids is 3. The topological polar surface area (TPSA) is 123 Å². The lowest BCUT2D eigenvalue weighted by molar-refractivity contribution is -0.370. The third kappa shape index (κ3) is 3.95. The Morgan fingerprint density at radius 3 is 2.31 bits per heavy atom. The number of hydrogen-bond donors (Lipinski definition) is 2. The van der Waals surface area contributed by atoms with E-state index in [2.05, 4.69) is 6.58 Å². The molecule has 9 nitrogen and oxygen atoms in total. The predicted octanol–water partition coefficient (Wildman–Crippen LogP) is 1.63. The van der Waals surface area contributed by atoms with E-state index in [4.69, 9.17) is 14.2 Å². The van der Waals surface area contributed by atoms with Crippen molar-refractivity contribution in [2.75, 3.05) is 20.6 Å². The number of Topliss-reactive ketones (excluding diaryl/α,β-unsaturated/α-hetero) is 1. The van der Waals surface area contributed by atoms with E-state index in [1.54, 1.807) is 32.8 Å². The molecule has 3 fully saturated rings. The largest absolute Gasteiger partial charge is 0.461 e. The van der Waals surface area contributed by atoms with Crippen molar-refractivity contribution in [3.63, 3.8) is 0 Å². The van der Waals surface area contributed by atoms with E-state index in [0.717, 1.165) is 0 Å². The van der Waals surface area contributed by atoms with Crippen LogP contribution in [0.2, 0.25) is 0 Å². The van der Waals surface area contributed by atoms with Gasteiger partial charge in [0.1, 0.15) is 23.9 Å². The van der Waals surface area contributed by atoms with Crippen LogP contribution in [0.25, 0.3) is 0 Å². The normalized spacial score (nSPS) is 44.7. The number of fused-ring (bicyclic) bond motifs is 3. The van der Waals surface area contributed by atoms with Gasteiger partial charge < -0.3 is 24.4 Å². The molecule has 1 heterocycles. The first-order valence-corrected chi connectivity index (χ1v) is 12.2. The molecule has 0 aromatic rings. The molecule has 3 rings (SSSR count). The molecule has 1 aliphatic heterocycles. The molecule has 8 atom stereocenters. The third-order valence-corrected chi connectivity index (χ3v) is 8.72. The zero-order valence-electron chi connectivity index (χ0n) is 22.2. The van der Waals surface area contributed by atoms with E-state index in [9.17, 15) is 24.6 Å². The van der Waals surface area contributed by atoms with Crippen molar-refractivity contribution in [2.45, 2.75) is 95.9 Å². The van der Waals surface area contributed by atoms with Gasteiger partial charge in [-0.2, -0.15) is 0 Å². The molecule has 0 spiro atoms. The molecule has 0 aromatic carbocycles. The van der Waals surface area contributed by atoms with Crippen LogP contribution >= 0.6 is 0 Å². The number of hydrogen-bond acceptors (Lipinski definition) is 9. The molecule has 2 aliphatic carbocycles. The maximum Gasteiger partial charge on any atom is 0.320 e. The Morgan fingerprint density at radius 1 is 1.20 bits per heavy atom. The van der Waals surface area contributed by atoms with Crippen LogP contribution in [0.5, 0.6) is 0 Å². The number of likely N-dealkylation sites (N-methyl/N-ethyl adjacent to an activating group) is 1. The first kappa shape index (κ1) is 27.8. The Hall–Kier alpha value is -1.81. The summed E-state index contributed by atoms with van der Waals surface area (Å²) in [5.41, 5.74) is -7.31. The highest BCUT2D eigenvalue weighted by Gasteiger charge is 2.81. The van der Waals surface area contributed by atoms with Crippen LogP contribution < -0.4 is 0 Å². The van der Waals surface area contributed by atoms with Crippen molar-refractivity contribution in [3.05, 3.63) is 12.7 Å². The lowest BCUT2D eigenvalue weighted by Gasteiger charge is -2.71. The molecule has 0 unspecified atom stereocenters. The number of ketones is 1. The number of esters is 2. The maximum atomic E-state index is 13.9. The van der Waals surface area contributed by atoms with Gasteiger partial charge in [-0.15, -0.1) is 6.58 Å². The molecular weight excluding hydrogens is 454 g/mol. The van der Waals surface area contributed by atoms with Crippen molar-refractivity contribution < 1.29 is 38.8 Å². The minimum absolute atomic E-state index is 0.0192. The van der Waals surface area contributed by atoms with Gasteiger partial charge in [-0.3, -0.25) is 19.3 Å². The lowest BCUT2D eigenvalue weighted by Crippen LogP contribution is -2.86. The summed E-state index contributed by atoms with van der Waals surface area (Å²) in [6.45, 7) is 13.8. The van der Waals surface area contributed by atoms with Crippen molar-refractivity contribution in [1.29, 1.82) is 0 Å². The number of nitrogens with zero attached hydrogens (tertiary/aromatic N) is 1. The predicted molar refractivity (Wildman–Crippen MR) is 127 cm³/mol. The average molecular weight is 496 g/mol. The van der Waals surface area contributed by atoms with Crippen LogP contribution in [0.15, 0.2) is 12.7 Å². The molecule has 35 heavy (non-hydrogen) atoms. The van der Waals surface area contributed by atoms with Crippen LogP contribution in [-0.4, -0.2) is 88.6 Å². The van der Waals surface area contributed by atoms with Gasteiger partial charge in [-0.05, 0) is 46.2 Å². The van der Waals surface area contributed by atoms with Crippen LogP contribution in [0, 0.1) is 16.7 Å². The van der Waals surface area contributed by atoms with Crippen molar-refractivity contribution in [3.8, 4) is 0 Å². The average Bonchev–Trinajstić information content (AvgIpc) is 2.70. The van der Waals surface area contributed by atoms with E-state index < -0.39 is 69.6 Å². The maximum absolute atomic E-state index is 13.9. The fourth-order valence-electron chi connectivity index (χ4n) is 7.21. The first-order valence-electron chi connectivity index (χ1n) is 12.2. The molecule has 0 bridgehead atoms. The standard InChI is InChI=1S/C26H41NO8/c1-10-23(5)13-16(29)26(32)24(6)17(34-18(30)14-27(8)9)11-12-22(3,4)20(24)19(33-15(2)28)21(31)25(26,7)35-23/h10,17,19-21,31-32H,1,11-14H2,2-9H3/t17-,19-,20-,21-,23-,24-,25+,26-/m0/s1. The summed E-state index contributed by atoms with van der Waals surface area (Å²) >= 11 is 0. The Labute approximate surface area is 207 Å². The monoisotopic (exact) mass is 495 g/mol. The van der Waals surface area contributed by atoms with Gasteiger partial charge in [-0.1, -0.05) is 26.8 Å². The van der Waals surface area contributed by atoms with Crippen LogP contribution in [-0.2, 0) is 28.6 Å². The molecule has 0 radical (unpaired) electrons. The van der Waals surface area contributed by atoms with Crippen LogP contribution in [0.4, 0.5) is 0 Å². The van der Waals surface area contributed by atoms with Gasteiger partial charge in [0.05, 0.1) is 17.6 Å². The molecule has 3 aliphatic rings. The minimum Gasteiger partial charge on any atom is -0.461 e. The highest BCUT2D eigenvalue weighted by molar-refractivity contribution is 5.92.